The molecule has 0 aliphatic carbocycles. The molecule has 15 heavy (non-hydrogen) atoms. The molecule has 1 amide bonds. The Labute approximate surface area is 98.8 Å². The molecule has 5 heteroatoms. The number of nitrogens with one attached hydrogen (secondary N) is 2. The lowest BCUT2D eigenvalue weighted by atomic mass is 10.3. The standard InChI is InChI=1S/C10H15ClN2OS/c1-7(10(14)12-2)13-6-5-8-3-4-9(11)15-8/h3-4,7,13H,5-6H2,1-2H3,(H,12,14). The topological polar surface area (TPSA) is 41.1 Å². The minimum atomic E-state index is -0.148. The van der Waals surface area contributed by atoms with E-state index in [0.29, 0.717) is 0 Å². The lowest BCUT2D eigenvalue weighted by Crippen LogP contribution is -2.41. The van der Waals surface area contributed by atoms with Crippen LogP contribution in [0.5, 0.6) is 0 Å². The van der Waals surface area contributed by atoms with E-state index >= 15 is 0 Å². The number of hydrogen-bond donors (Lipinski definition) is 2. The quantitative estimate of drug-likeness (QED) is 0.830. The van der Waals surface area contributed by atoms with Gasteiger partial charge in [-0.3, -0.25) is 4.79 Å². The predicted molar refractivity (Wildman–Crippen MR) is 64.6 cm³/mol. The van der Waals surface area contributed by atoms with E-state index in [4.69, 9.17) is 11.6 Å². The average Bonchev–Trinajstić information content (AvgIpc) is 2.63. The Bertz CT molecular complexity index is 327. The van der Waals surface area contributed by atoms with E-state index in [9.17, 15) is 4.79 Å². The van der Waals surface area contributed by atoms with Gasteiger partial charge in [0.2, 0.25) is 5.91 Å². The summed E-state index contributed by atoms with van der Waals surface area (Å²) in [6.07, 6.45) is 0.902. The molecule has 0 aromatic carbocycles. The van der Waals surface area contributed by atoms with Crippen molar-refractivity contribution in [2.45, 2.75) is 19.4 Å². The number of hydrogen-bond acceptors (Lipinski definition) is 3. The van der Waals surface area contributed by atoms with Gasteiger partial charge in [-0.25, -0.2) is 0 Å². The van der Waals surface area contributed by atoms with E-state index in [2.05, 4.69) is 10.6 Å². The van der Waals surface area contributed by atoms with Gasteiger partial charge < -0.3 is 10.6 Å². The lowest BCUT2D eigenvalue weighted by Gasteiger charge is -2.11. The highest BCUT2D eigenvalue weighted by Gasteiger charge is 2.09. The first kappa shape index (κ1) is 12.5. The Morgan fingerprint density at radius 3 is 2.87 bits per heavy atom. The fourth-order valence-corrected chi connectivity index (χ4v) is 2.29. The number of likely N-dealkylation sites (N-methyl/N-ethyl adjacent to an activating group) is 1. The van der Waals surface area contributed by atoms with Crippen LogP contribution in [0.1, 0.15) is 11.8 Å². The second-order valence-electron chi connectivity index (χ2n) is 3.25. The first-order chi connectivity index (χ1) is 7.13. The largest absolute Gasteiger partial charge is 0.358 e. The highest BCUT2D eigenvalue weighted by atomic mass is 35.5. The molecule has 0 fully saturated rings. The van der Waals surface area contributed by atoms with Crippen molar-refractivity contribution in [3.8, 4) is 0 Å². The maximum Gasteiger partial charge on any atom is 0.236 e. The van der Waals surface area contributed by atoms with Crippen molar-refractivity contribution in [1.29, 1.82) is 0 Å². The maximum atomic E-state index is 11.2. The fraction of sp³-hybridized carbons (Fsp3) is 0.500. The van der Waals surface area contributed by atoms with Gasteiger partial charge in [-0.2, -0.15) is 0 Å². The predicted octanol–water partition coefficient (Wildman–Crippen LogP) is 1.67. The van der Waals surface area contributed by atoms with Crippen LogP contribution in [-0.2, 0) is 11.2 Å². The van der Waals surface area contributed by atoms with Gasteiger partial charge in [-0.1, -0.05) is 11.6 Å². The first-order valence-corrected chi connectivity index (χ1v) is 6.02. The van der Waals surface area contributed by atoms with E-state index in [0.717, 1.165) is 17.3 Å². The Hall–Kier alpha value is -0.580. The third-order valence-corrected chi connectivity index (χ3v) is 3.38. The zero-order valence-corrected chi connectivity index (χ0v) is 10.4. The molecule has 1 atom stereocenters. The van der Waals surface area contributed by atoms with Crippen LogP contribution in [0, 0.1) is 0 Å². The molecule has 0 spiro atoms. The minimum absolute atomic E-state index is 0.0132. The van der Waals surface area contributed by atoms with Crippen LogP contribution in [-0.4, -0.2) is 25.5 Å². The summed E-state index contributed by atoms with van der Waals surface area (Å²) in [4.78, 5) is 12.4. The van der Waals surface area contributed by atoms with Gasteiger partial charge in [0.05, 0.1) is 10.4 Å². The highest BCUT2D eigenvalue weighted by molar-refractivity contribution is 7.16. The summed E-state index contributed by atoms with van der Waals surface area (Å²) in [6, 6.07) is 3.76. The van der Waals surface area contributed by atoms with Crippen LogP contribution in [0.4, 0.5) is 0 Å². The molecule has 0 saturated heterocycles. The minimum Gasteiger partial charge on any atom is -0.358 e. The second kappa shape index (κ2) is 6.10. The molecule has 0 saturated carbocycles. The number of carbonyl (C=O) groups excluding carboxylic acids is 1. The van der Waals surface area contributed by atoms with Crippen molar-refractivity contribution >= 4 is 28.8 Å². The molecule has 3 nitrogen and oxygen atoms in total. The molecule has 1 aromatic heterocycles. The van der Waals surface area contributed by atoms with Crippen molar-refractivity contribution in [1.82, 2.24) is 10.6 Å². The SMILES string of the molecule is CNC(=O)C(C)NCCc1ccc(Cl)s1. The monoisotopic (exact) mass is 246 g/mol. The Balaban J connectivity index is 2.24. The summed E-state index contributed by atoms with van der Waals surface area (Å²) in [5, 5.41) is 5.74. The zero-order chi connectivity index (χ0) is 11.3. The molecule has 1 heterocycles. The van der Waals surface area contributed by atoms with Crippen molar-refractivity contribution < 1.29 is 4.79 Å². The molecule has 2 N–H and O–H groups in total. The van der Waals surface area contributed by atoms with Crippen molar-refractivity contribution in [2.24, 2.45) is 0 Å². The van der Waals surface area contributed by atoms with E-state index in [1.54, 1.807) is 18.4 Å². The van der Waals surface area contributed by atoms with Crippen LogP contribution in [0.25, 0.3) is 0 Å². The number of halogens is 1. The number of thiophene rings is 1. The van der Waals surface area contributed by atoms with Gasteiger partial charge in [0.1, 0.15) is 0 Å². The highest BCUT2D eigenvalue weighted by Crippen LogP contribution is 2.21. The van der Waals surface area contributed by atoms with Crippen molar-refractivity contribution in [3.63, 3.8) is 0 Å². The van der Waals surface area contributed by atoms with Crippen LogP contribution >= 0.6 is 22.9 Å². The molecular formula is C10H15ClN2OS. The van der Waals surface area contributed by atoms with Gasteiger partial charge in [0.25, 0.3) is 0 Å². The summed E-state index contributed by atoms with van der Waals surface area (Å²) in [5.41, 5.74) is 0. The summed E-state index contributed by atoms with van der Waals surface area (Å²) < 4.78 is 0.810. The van der Waals surface area contributed by atoms with E-state index in [1.165, 1.54) is 4.88 Å². The molecule has 0 bridgehead atoms. The third-order valence-electron chi connectivity index (χ3n) is 2.09. The van der Waals surface area contributed by atoms with Gasteiger partial charge in [0, 0.05) is 18.5 Å². The smallest absolute Gasteiger partial charge is 0.236 e. The molecular weight excluding hydrogens is 232 g/mol. The molecule has 1 rings (SSSR count). The Kier molecular flexibility index (Phi) is 5.08. The van der Waals surface area contributed by atoms with Crippen LogP contribution < -0.4 is 10.6 Å². The summed E-state index contributed by atoms with van der Waals surface area (Å²) in [5.74, 6) is 0.0132. The van der Waals surface area contributed by atoms with Crippen LogP contribution in [0.3, 0.4) is 0 Å². The zero-order valence-electron chi connectivity index (χ0n) is 8.84. The van der Waals surface area contributed by atoms with Gasteiger partial charge in [-0.05, 0) is 25.5 Å². The number of amides is 1. The molecule has 1 unspecified atom stereocenters. The Morgan fingerprint density at radius 2 is 2.33 bits per heavy atom. The van der Waals surface area contributed by atoms with Crippen LogP contribution in [0.15, 0.2) is 12.1 Å². The second-order valence-corrected chi connectivity index (χ2v) is 5.05. The number of rotatable bonds is 5. The molecule has 1 aromatic rings. The lowest BCUT2D eigenvalue weighted by molar-refractivity contribution is -0.122. The summed E-state index contributed by atoms with van der Waals surface area (Å²) >= 11 is 7.39. The summed E-state index contributed by atoms with van der Waals surface area (Å²) in [6.45, 7) is 2.63. The van der Waals surface area contributed by atoms with E-state index in [1.807, 2.05) is 19.1 Å². The summed E-state index contributed by atoms with van der Waals surface area (Å²) in [7, 11) is 1.64. The normalized spacial score (nSPS) is 12.5. The fourth-order valence-electron chi connectivity index (χ4n) is 1.21. The molecule has 0 radical (unpaired) electrons. The Morgan fingerprint density at radius 1 is 1.60 bits per heavy atom. The third kappa shape index (κ3) is 4.20. The van der Waals surface area contributed by atoms with Gasteiger partial charge in [0.15, 0.2) is 0 Å². The van der Waals surface area contributed by atoms with E-state index < -0.39 is 0 Å². The molecule has 0 aliphatic rings. The van der Waals surface area contributed by atoms with Crippen LogP contribution in [0.2, 0.25) is 4.34 Å². The molecule has 84 valence electrons. The number of carbonyl (C=O) groups is 1. The maximum absolute atomic E-state index is 11.2. The molecule has 0 aliphatic heterocycles. The van der Waals surface area contributed by atoms with Gasteiger partial charge >= 0.3 is 0 Å². The van der Waals surface area contributed by atoms with Crippen molar-refractivity contribution in [2.75, 3.05) is 13.6 Å². The first-order valence-electron chi connectivity index (χ1n) is 4.82. The average molecular weight is 247 g/mol. The van der Waals surface area contributed by atoms with E-state index in [-0.39, 0.29) is 11.9 Å². The van der Waals surface area contributed by atoms with Gasteiger partial charge in [-0.15, -0.1) is 11.3 Å². The van der Waals surface area contributed by atoms with Crippen molar-refractivity contribution in [3.05, 3.63) is 21.3 Å².